The van der Waals surface area contributed by atoms with Gasteiger partial charge in [-0.25, -0.2) is 0 Å². The highest BCUT2D eigenvalue weighted by molar-refractivity contribution is 5.84. The zero-order chi connectivity index (χ0) is 15.5. The lowest BCUT2D eigenvalue weighted by molar-refractivity contribution is -0.143. The average molecular weight is 294 g/mol. The number of ketones is 1. The molecule has 0 aromatic heterocycles. The minimum Gasteiger partial charge on any atom is -0.461 e. The van der Waals surface area contributed by atoms with Crippen molar-refractivity contribution in [1.29, 1.82) is 0 Å². The van der Waals surface area contributed by atoms with Gasteiger partial charge in [0.05, 0.1) is 0 Å². The van der Waals surface area contributed by atoms with Gasteiger partial charge in [0.1, 0.15) is 12.4 Å². The molecule has 0 aromatic rings. The minimum atomic E-state index is -0.156. The molecular formula is C18H30O3. The van der Waals surface area contributed by atoms with Gasteiger partial charge in [0.2, 0.25) is 0 Å². The zero-order valence-corrected chi connectivity index (χ0v) is 13.6. The van der Waals surface area contributed by atoms with E-state index in [0.29, 0.717) is 25.2 Å². The molecule has 0 radical (unpaired) electrons. The van der Waals surface area contributed by atoms with Gasteiger partial charge in [-0.2, -0.15) is 0 Å². The van der Waals surface area contributed by atoms with Gasteiger partial charge in [-0.1, -0.05) is 51.7 Å². The average Bonchev–Trinajstić information content (AvgIpc) is 2.80. The second-order valence-electron chi connectivity index (χ2n) is 6.01. The second kappa shape index (κ2) is 10.6. The number of hydrogen-bond donors (Lipinski definition) is 0. The molecule has 2 unspecified atom stereocenters. The van der Waals surface area contributed by atoms with E-state index in [4.69, 9.17) is 4.74 Å². The molecule has 3 nitrogen and oxygen atoms in total. The summed E-state index contributed by atoms with van der Waals surface area (Å²) in [5, 5.41) is 0. The number of ether oxygens (including phenoxy) is 1. The molecule has 1 rings (SSSR count). The van der Waals surface area contributed by atoms with Crippen molar-refractivity contribution in [3.05, 3.63) is 12.2 Å². The van der Waals surface area contributed by atoms with E-state index in [1.807, 2.05) is 12.2 Å². The molecule has 0 amide bonds. The Bertz CT molecular complexity index is 346. The lowest BCUT2D eigenvalue weighted by Crippen LogP contribution is -2.19. The van der Waals surface area contributed by atoms with E-state index >= 15 is 0 Å². The minimum absolute atomic E-state index is 0.0970. The first-order valence-corrected chi connectivity index (χ1v) is 8.52. The maximum Gasteiger partial charge on any atom is 0.306 e. The van der Waals surface area contributed by atoms with Gasteiger partial charge in [-0.15, -0.1) is 0 Å². The first-order chi connectivity index (χ1) is 10.2. The van der Waals surface area contributed by atoms with Gasteiger partial charge in [0, 0.05) is 18.8 Å². The maximum atomic E-state index is 11.9. The topological polar surface area (TPSA) is 43.4 Å². The summed E-state index contributed by atoms with van der Waals surface area (Å²) >= 11 is 0. The molecule has 21 heavy (non-hydrogen) atoms. The number of unbranched alkanes of at least 4 members (excludes halogenated alkanes) is 3. The van der Waals surface area contributed by atoms with Crippen LogP contribution in [-0.2, 0) is 14.3 Å². The third kappa shape index (κ3) is 6.92. The number of hydrogen-bond acceptors (Lipinski definition) is 3. The fraction of sp³-hybridized carbons (Fsp3) is 0.778. The van der Waals surface area contributed by atoms with E-state index in [9.17, 15) is 9.59 Å². The van der Waals surface area contributed by atoms with Crippen LogP contribution in [0.5, 0.6) is 0 Å². The Morgan fingerprint density at radius 3 is 2.76 bits per heavy atom. The van der Waals surface area contributed by atoms with Crippen molar-refractivity contribution in [2.24, 2.45) is 11.8 Å². The van der Waals surface area contributed by atoms with E-state index in [-0.39, 0.29) is 17.8 Å². The largest absolute Gasteiger partial charge is 0.461 e. The van der Waals surface area contributed by atoms with Gasteiger partial charge in [0.25, 0.3) is 0 Å². The van der Waals surface area contributed by atoms with Crippen molar-refractivity contribution in [2.45, 2.75) is 71.6 Å². The van der Waals surface area contributed by atoms with E-state index in [1.165, 1.54) is 6.42 Å². The summed E-state index contributed by atoms with van der Waals surface area (Å²) < 4.78 is 5.22. The van der Waals surface area contributed by atoms with Gasteiger partial charge in [0.15, 0.2) is 0 Å². The van der Waals surface area contributed by atoms with Crippen LogP contribution in [-0.4, -0.2) is 18.4 Å². The molecule has 0 spiro atoms. The van der Waals surface area contributed by atoms with Crippen molar-refractivity contribution >= 4 is 11.8 Å². The fourth-order valence-electron chi connectivity index (χ4n) is 3.00. The van der Waals surface area contributed by atoms with Crippen LogP contribution in [0.4, 0.5) is 0 Å². The number of rotatable bonds is 10. The summed E-state index contributed by atoms with van der Waals surface area (Å²) in [5.74, 6) is 0.504. The second-order valence-corrected chi connectivity index (χ2v) is 6.01. The van der Waals surface area contributed by atoms with Crippen molar-refractivity contribution in [3.63, 3.8) is 0 Å². The smallest absolute Gasteiger partial charge is 0.306 e. The molecule has 0 aliphatic heterocycles. The Balaban J connectivity index is 2.30. The van der Waals surface area contributed by atoms with Crippen LogP contribution in [0.25, 0.3) is 0 Å². The Kier molecular flexibility index (Phi) is 9.04. The number of carbonyl (C=O) groups excluding carboxylic acids is 2. The predicted molar refractivity (Wildman–Crippen MR) is 85.0 cm³/mol. The van der Waals surface area contributed by atoms with Crippen molar-refractivity contribution < 1.29 is 14.3 Å². The zero-order valence-electron chi connectivity index (χ0n) is 13.6. The van der Waals surface area contributed by atoms with Crippen molar-refractivity contribution in [2.75, 3.05) is 6.61 Å². The molecule has 0 N–H and O–H groups in total. The third-order valence-corrected chi connectivity index (χ3v) is 4.25. The summed E-state index contributed by atoms with van der Waals surface area (Å²) in [7, 11) is 0. The van der Waals surface area contributed by atoms with Crippen molar-refractivity contribution in [3.8, 4) is 0 Å². The molecule has 0 aromatic carbocycles. The summed E-state index contributed by atoms with van der Waals surface area (Å²) in [5.41, 5.74) is 0. The summed E-state index contributed by atoms with van der Waals surface area (Å²) in [6, 6.07) is 0. The number of allylic oxidation sites excluding steroid dienone is 1. The normalized spacial score (nSPS) is 22.1. The van der Waals surface area contributed by atoms with Crippen LogP contribution >= 0.6 is 0 Å². The van der Waals surface area contributed by atoms with E-state index in [2.05, 4.69) is 13.8 Å². The molecule has 0 heterocycles. The maximum absolute atomic E-state index is 11.9. The highest BCUT2D eigenvalue weighted by Crippen LogP contribution is 2.35. The summed E-state index contributed by atoms with van der Waals surface area (Å²) in [6.45, 7) is 4.64. The third-order valence-electron chi connectivity index (χ3n) is 4.25. The molecule has 1 saturated carbocycles. The Morgan fingerprint density at radius 1 is 1.24 bits per heavy atom. The molecule has 0 bridgehead atoms. The number of esters is 1. The molecule has 1 fully saturated rings. The molecule has 3 heteroatoms. The highest BCUT2D eigenvalue weighted by atomic mass is 16.5. The molecular weight excluding hydrogens is 264 g/mol. The van der Waals surface area contributed by atoms with Crippen LogP contribution in [0, 0.1) is 11.8 Å². The predicted octanol–water partition coefficient (Wildman–Crippen LogP) is 4.45. The van der Waals surface area contributed by atoms with E-state index in [0.717, 1.165) is 38.5 Å². The Labute approximate surface area is 129 Å². The van der Waals surface area contributed by atoms with Gasteiger partial charge in [-0.3, -0.25) is 9.59 Å². The first kappa shape index (κ1) is 17.9. The van der Waals surface area contributed by atoms with Crippen LogP contribution in [0.3, 0.4) is 0 Å². The van der Waals surface area contributed by atoms with Gasteiger partial charge >= 0.3 is 5.97 Å². The monoisotopic (exact) mass is 294 g/mol. The van der Waals surface area contributed by atoms with Gasteiger partial charge in [-0.05, 0) is 25.2 Å². The lowest BCUT2D eigenvalue weighted by atomic mass is 9.88. The standard InChI is InChI=1S/C18H30O3/c1-3-5-7-9-13-21-18(20)14-15-11-12-17(19)16(15)10-8-6-4-2/h7,9,15-16H,3-6,8,10-14H2,1-2H3/b9-7+. The van der Waals surface area contributed by atoms with Crippen molar-refractivity contribution in [1.82, 2.24) is 0 Å². The first-order valence-electron chi connectivity index (χ1n) is 8.52. The summed E-state index contributed by atoms with van der Waals surface area (Å²) in [6.07, 6.45) is 12.4. The lowest BCUT2D eigenvalue weighted by Gasteiger charge is -2.17. The fourth-order valence-corrected chi connectivity index (χ4v) is 3.00. The molecule has 1 aliphatic carbocycles. The molecule has 2 atom stereocenters. The Morgan fingerprint density at radius 2 is 2.05 bits per heavy atom. The van der Waals surface area contributed by atoms with Crippen LogP contribution in [0.2, 0.25) is 0 Å². The Hall–Kier alpha value is -1.12. The SMILES string of the molecule is CCC/C=C/COC(=O)CC1CCC(=O)C1CCCCC. The van der Waals surface area contributed by atoms with Crippen LogP contribution in [0.15, 0.2) is 12.2 Å². The van der Waals surface area contributed by atoms with E-state index < -0.39 is 0 Å². The number of carbonyl (C=O) groups is 2. The summed E-state index contributed by atoms with van der Waals surface area (Å²) in [4.78, 5) is 23.8. The molecule has 0 saturated heterocycles. The number of Topliss-reactive ketones (excluding diaryl/α,β-unsaturated/α-hetero) is 1. The van der Waals surface area contributed by atoms with Gasteiger partial charge < -0.3 is 4.74 Å². The van der Waals surface area contributed by atoms with E-state index in [1.54, 1.807) is 0 Å². The molecule has 1 aliphatic rings. The highest BCUT2D eigenvalue weighted by Gasteiger charge is 2.35. The molecule has 120 valence electrons. The van der Waals surface area contributed by atoms with Crippen LogP contribution in [0.1, 0.15) is 71.6 Å². The van der Waals surface area contributed by atoms with Crippen LogP contribution < -0.4 is 0 Å². The quantitative estimate of drug-likeness (QED) is 0.339.